The average Bonchev–Trinajstić information content (AvgIpc) is 3.47. The second kappa shape index (κ2) is 8.35. The van der Waals surface area contributed by atoms with Gasteiger partial charge in [-0.1, -0.05) is 24.3 Å². The van der Waals surface area contributed by atoms with Gasteiger partial charge in [-0.2, -0.15) is 0 Å². The standard InChI is InChI=1S/C25H31N5O/c1-19(28-12-5-6-13-28)25(31)30-16-14-29(15-17-30)21-9-7-8-20(18-21)24-26-22-10-3-4-11-23(22)27(24)2/h3-4,7-11,18-19H,5-6,12-17H2,1-2H3. The third kappa shape index (κ3) is 3.81. The lowest BCUT2D eigenvalue weighted by Gasteiger charge is -2.38. The molecule has 2 saturated heterocycles. The van der Waals surface area contributed by atoms with Crippen molar-refractivity contribution in [3.63, 3.8) is 0 Å². The second-order valence-corrected chi connectivity index (χ2v) is 8.76. The number of hydrogen-bond donors (Lipinski definition) is 0. The number of hydrogen-bond acceptors (Lipinski definition) is 4. The quantitative estimate of drug-likeness (QED) is 0.653. The van der Waals surface area contributed by atoms with Gasteiger partial charge in [0.05, 0.1) is 17.1 Å². The molecule has 0 aliphatic carbocycles. The highest BCUT2D eigenvalue weighted by Crippen LogP contribution is 2.27. The summed E-state index contributed by atoms with van der Waals surface area (Å²) in [5, 5.41) is 0. The summed E-state index contributed by atoms with van der Waals surface area (Å²) < 4.78 is 2.16. The molecule has 0 spiro atoms. The van der Waals surface area contributed by atoms with Crippen LogP contribution in [0.5, 0.6) is 0 Å². The molecule has 162 valence electrons. The van der Waals surface area contributed by atoms with Gasteiger partial charge >= 0.3 is 0 Å². The van der Waals surface area contributed by atoms with Gasteiger partial charge in [0.1, 0.15) is 5.82 Å². The van der Waals surface area contributed by atoms with E-state index in [1.54, 1.807) is 0 Å². The van der Waals surface area contributed by atoms with Gasteiger partial charge in [0, 0.05) is 44.5 Å². The van der Waals surface area contributed by atoms with Gasteiger partial charge in [0.15, 0.2) is 0 Å². The molecule has 2 fully saturated rings. The minimum atomic E-state index is 0.00919. The molecular weight excluding hydrogens is 386 g/mol. The molecule has 1 amide bonds. The molecular formula is C25H31N5O. The van der Waals surface area contributed by atoms with Crippen LogP contribution in [0.15, 0.2) is 48.5 Å². The second-order valence-electron chi connectivity index (χ2n) is 8.76. The summed E-state index contributed by atoms with van der Waals surface area (Å²) in [7, 11) is 2.07. The topological polar surface area (TPSA) is 44.6 Å². The molecule has 0 radical (unpaired) electrons. The number of para-hydroxylation sites is 2. The Morgan fingerprint density at radius 1 is 0.935 bits per heavy atom. The number of aryl methyl sites for hydroxylation is 1. The van der Waals surface area contributed by atoms with Crippen LogP contribution in [0.3, 0.4) is 0 Å². The molecule has 0 saturated carbocycles. The molecule has 1 atom stereocenters. The number of likely N-dealkylation sites (tertiary alicyclic amines) is 1. The summed E-state index contributed by atoms with van der Waals surface area (Å²) in [6.07, 6.45) is 2.43. The molecule has 1 aromatic heterocycles. The fourth-order valence-corrected chi connectivity index (χ4v) is 4.98. The van der Waals surface area contributed by atoms with Gasteiger partial charge in [-0.3, -0.25) is 9.69 Å². The molecule has 0 N–H and O–H groups in total. The van der Waals surface area contributed by atoms with Crippen LogP contribution in [0.25, 0.3) is 22.4 Å². The van der Waals surface area contributed by atoms with Crippen LogP contribution in [-0.4, -0.2) is 70.6 Å². The Bertz CT molecular complexity index is 1080. The number of anilines is 1. The van der Waals surface area contributed by atoms with Crippen molar-refractivity contribution in [3.05, 3.63) is 48.5 Å². The third-order valence-electron chi connectivity index (χ3n) is 6.89. The van der Waals surface area contributed by atoms with Crippen molar-refractivity contribution >= 4 is 22.6 Å². The maximum atomic E-state index is 12.9. The zero-order valence-corrected chi connectivity index (χ0v) is 18.5. The maximum absolute atomic E-state index is 12.9. The van der Waals surface area contributed by atoms with Crippen molar-refractivity contribution < 1.29 is 4.79 Å². The summed E-state index contributed by atoms with van der Waals surface area (Å²) in [5.74, 6) is 1.27. The largest absolute Gasteiger partial charge is 0.368 e. The molecule has 3 heterocycles. The van der Waals surface area contributed by atoms with Gasteiger partial charge in [0.2, 0.25) is 5.91 Å². The van der Waals surface area contributed by atoms with Crippen LogP contribution < -0.4 is 4.90 Å². The molecule has 6 nitrogen and oxygen atoms in total. The summed E-state index contributed by atoms with van der Waals surface area (Å²) in [6, 6.07) is 16.9. The molecule has 2 aromatic carbocycles. The molecule has 0 bridgehead atoms. The van der Waals surface area contributed by atoms with Gasteiger partial charge in [-0.15, -0.1) is 0 Å². The zero-order chi connectivity index (χ0) is 21.4. The van der Waals surface area contributed by atoms with Crippen LogP contribution in [0.2, 0.25) is 0 Å². The van der Waals surface area contributed by atoms with E-state index in [1.807, 2.05) is 6.07 Å². The number of fused-ring (bicyclic) bond motifs is 1. The molecule has 6 heteroatoms. The highest BCUT2D eigenvalue weighted by molar-refractivity contribution is 5.82. The number of carbonyl (C=O) groups excluding carboxylic acids is 1. The first-order valence-corrected chi connectivity index (χ1v) is 11.4. The predicted molar refractivity (Wildman–Crippen MR) is 125 cm³/mol. The highest BCUT2D eigenvalue weighted by atomic mass is 16.2. The normalized spacial score (nSPS) is 18.6. The molecule has 31 heavy (non-hydrogen) atoms. The van der Waals surface area contributed by atoms with Crippen molar-refractivity contribution in [2.75, 3.05) is 44.2 Å². The van der Waals surface area contributed by atoms with Crippen LogP contribution in [0, 0.1) is 0 Å². The van der Waals surface area contributed by atoms with E-state index < -0.39 is 0 Å². The lowest BCUT2D eigenvalue weighted by atomic mass is 10.1. The van der Waals surface area contributed by atoms with E-state index in [9.17, 15) is 4.79 Å². The zero-order valence-electron chi connectivity index (χ0n) is 18.5. The Morgan fingerprint density at radius 3 is 2.42 bits per heavy atom. The lowest BCUT2D eigenvalue weighted by molar-refractivity contribution is -0.136. The first-order valence-electron chi connectivity index (χ1n) is 11.4. The lowest BCUT2D eigenvalue weighted by Crippen LogP contribution is -2.53. The average molecular weight is 418 g/mol. The summed E-state index contributed by atoms with van der Waals surface area (Å²) in [5.41, 5.74) is 4.48. The number of benzene rings is 2. The van der Waals surface area contributed by atoms with Crippen LogP contribution >= 0.6 is 0 Å². The number of rotatable bonds is 4. The van der Waals surface area contributed by atoms with E-state index in [2.05, 4.69) is 75.7 Å². The summed E-state index contributed by atoms with van der Waals surface area (Å²) >= 11 is 0. The summed E-state index contributed by atoms with van der Waals surface area (Å²) in [4.78, 5) is 24.6. The number of amides is 1. The molecule has 2 aliphatic heterocycles. The van der Waals surface area contributed by atoms with Crippen LogP contribution in [0.4, 0.5) is 5.69 Å². The monoisotopic (exact) mass is 417 g/mol. The van der Waals surface area contributed by atoms with Gasteiger partial charge in [-0.05, 0) is 57.1 Å². The Hall–Kier alpha value is -2.86. The predicted octanol–water partition coefficient (Wildman–Crippen LogP) is 3.37. The Balaban J connectivity index is 1.29. The first kappa shape index (κ1) is 20.1. The number of carbonyl (C=O) groups is 1. The van der Waals surface area contributed by atoms with Crippen molar-refractivity contribution in [3.8, 4) is 11.4 Å². The fraction of sp³-hybridized carbons (Fsp3) is 0.440. The minimum Gasteiger partial charge on any atom is -0.368 e. The molecule has 2 aliphatic rings. The van der Waals surface area contributed by atoms with Crippen molar-refractivity contribution in [2.45, 2.75) is 25.8 Å². The van der Waals surface area contributed by atoms with Crippen LogP contribution in [0.1, 0.15) is 19.8 Å². The molecule has 1 unspecified atom stereocenters. The number of imidazole rings is 1. The Labute approximate surface area is 184 Å². The van der Waals surface area contributed by atoms with Gasteiger partial charge < -0.3 is 14.4 Å². The smallest absolute Gasteiger partial charge is 0.239 e. The third-order valence-corrected chi connectivity index (χ3v) is 6.89. The summed E-state index contributed by atoms with van der Waals surface area (Å²) in [6.45, 7) is 7.49. The highest BCUT2D eigenvalue weighted by Gasteiger charge is 2.30. The van der Waals surface area contributed by atoms with E-state index in [1.165, 1.54) is 18.5 Å². The van der Waals surface area contributed by atoms with Gasteiger partial charge in [-0.25, -0.2) is 4.98 Å². The SMILES string of the molecule is CC(C(=O)N1CCN(c2cccc(-c3nc4ccccc4n3C)c2)CC1)N1CCCC1. The van der Waals surface area contributed by atoms with E-state index in [0.717, 1.165) is 61.7 Å². The Morgan fingerprint density at radius 2 is 1.68 bits per heavy atom. The molecule has 5 rings (SSSR count). The Kier molecular flexibility index (Phi) is 5.40. The number of nitrogens with zero attached hydrogens (tertiary/aromatic N) is 5. The van der Waals surface area contributed by atoms with Crippen molar-refractivity contribution in [2.24, 2.45) is 7.05 Å². The van der Waals surface area contributed by atoms with Crippen LogP contribution in [-0.2, 0) is 11.8 Å². The van der Waals surface area contributed by atoms with Crippen molar-refractivity contribution in [1.82, 2.24) is 19.4 Å². The van der Waals surface area contributed by atoms with E-state index >= 15 is 0 Å². The number of piperazine rings is 1. The minimum absolute atomic E-state index is 0.00919. The number of aromatic nitrogens is 2. The van der Waals surface area contributed by atoms with Gasteiger partial charge in [0.25, 0.3) is 0 Å². The van der Waals surface area contributed by atoms with Crippen molar-refractivity contribution in [1.29, 1.82) is 0 Å². The van der Waals surface area contributed by atoms with E-state index in [0.29, 0.717) is 0 Å². The maximum Gasteiger partial charge on any atom is 0.239 e. The molecule has 3 aromatic rings. The van der Waals surface area contributed by atoms with E-state index in [-0.39, 0.29) is 11.9 Å². The first-order chi connectivity index (χ1) is 15.1. The van der Waals surface area contributed by atoms with E-state index in [4.69, 9.17) is 4.98 Å². The fourth-order valence-electron chi connectivity index (χ4n) is 4.98.